The second-order valence-electron chi connectivity index (χ2n) is 6.76. The first kappa shape index (κ1) is 11.7. The van der Waals surface area contributed by atoms with Crippen LogP contribution in [0.3, 0.4) is 0 Å². The molecule has 0 heterocycles. The van der Waals surface area contributed by atoms with Crippen LogP contribution in [0.5, 0.6) is 0 Å². The highest BCUT2D eigenvalue weighted by Gasteiger charge is 2.45. The molecule has 3 aliphatic rings. The maximum absolute atomic E-state index is 11.8. The first-order valence-corrected chi connectivity index (χ1v) is 7.78. The Morgan fingerprint density at radius 2 is 1.53 bits per heavy atom. The Balaban J connectivity index is 1.78. The van der Waals surface area contributed by atoms with Crippen LogP contribution in [-0.2, 0) is 4.79 Å². The lowest BCUT2D eigenvalue weighted by Crippen LogP contribution is -2.43. The molecule has 3 aliphatic carbocycles. The molecule has 96 valence electrons. The van der Waals surface area contributed by atoms with Crippen molar-refractivity contribution in [1.29, 1.82) is 0 Å². The van der Waals surface area contributed by atoms with Crippen molar-refractivity contribution in [2.75, 3.05) is 0 Å². The predicted octanol–water partition coefficient (Wildman–Crippen LogP) is 4.21. The summed E-state index contributed by atoms with van der Waals surface area (Å²) in [4.78, 5) is 11.8. The molecule has 0 aromatic rings. The van der Waals surface area contributed by atoms with Crippen molar-refractivity contribution < 1.29 is 4.79 Å². The van der Waals surface area contributed by atoms with Gasteiger partial charge in [0.25, 0.3) is 0 Å². The molecule has 0 bridgehead atoms. The molecule has 3 fully saturated rings. The molecule has 0 radical (unpaired) electrons. The van der Waals surface area contributed by atoms with E-state index in [2.05, 4.69) is 0 Å². The summed E-state index contributed by atoms with van der Waals surface area (Å²) in [6.07, 6.45) is 12.6. The van der Waals surface area contributed by atoms with Crippen LogP contribution < -0.4 is 0 Å². The Bertz CT molecular complexity index is 296. The lowest BCUT2D eigenvalue weighted by atomic mass is 9.55. The maximum atomic E-state index is 11.8. The zero-order valence-corrected chi connectivity index (χ0v) is 11.2. The van der Waals surface area contributed by atoms with Gasteiger partial charge in [-0.2, -0.15) is 0 Å². The summed E-state index contributed by atoms with van der Waals surface area (Å²) in [7, 11) is 0. The average Bonchev–Trinajstić information content (AvgIpc) is 2.37. The summed E-state index contributed by atoms with van der Waals surface area (Å²) >= 11 is 0. The van der Waals surface area contributed by atoms with E-state index in [1.807, 2.05) is 6.92 Å². The van der Waals surface area contributed by atoms with Gasteiger partial charge in [-0.15, -0.1) is 0 Å². The van der Waals surface area contributed by atoms with Crippen molar-refractivity contribution in [2.24, 2.45) is 29.6 Å². The van der Waals surface area contributed by atoms with E-state index in [9.17, 15) is 4.79 Å². The fourth-order valence-corrected chi connectivity index (χ4v) is 5.32. The molecule has 17 heavy (non-hydrogen) atoms. The molecule has 5 unspecified atom stereocenters. The fraction of sp³-hybridized carbons (Fsp3) is 0.938. The van der Waals surface area contributed by atoms with Crippen LogP contribution in [0.4, 0.5) is 0 Å². The average molecular weight is 234 g/mol. The number of rotatable bonds is 1. The van der Waals surface area contributed by atoms with Crippen LogP contribution in [0.25, 0.3) is 0 Å². The lowest BCUT2D eigenvalue weighted by Gasteiger charge is -2.50. The van der Waals surface area contributed by atoms with Gasteiger partial charge in [-0.25, -0.2) is 0 Å². The number of hydrogen-bond acceptors (Lipinski definition) is 1. The molecule has 3 saturated carbocycles. The van der Waals surface area contributed by atoms with Crippen LogP contribution in [0.2, 0.25) is 0 Å². The number of carbonyl (C=O) groups excluding carboxylic acids is 1. The lowest BCUT2D eigenvalue weighted by molar-refractivity contribution is -0.127. The van der Waals surface area contributed by atoms with E-state index < -0.39 is 0 Å². The highest BCUT2D eigenvalue weighted by atomic mass is 16.1. The molecular formula is C16H26O. The van der Waals surface area contributed by atoms with E-state index in [1.54, 1.807) is 0 Å². The maximum Gasteiger partial charge on any atom is 0.133 e. The van der Waals surface area contributed by atoms with Gasteiger partial charge in [0, 0.05) is 5.92 Å². The van der Waals surface area contributed by atoms with Gasteiger partial charge in [-0.3, -0.25) is 4.79 Å². The molecule has 0 saturated heterocycles. The summed E-state index contributed by atoms with van der Waals surface area (Å²) in [5.41, 5.74) is 0. The van der Waals surface area contributed by atoms with Gasteiger partial charge in [0.2, 0.25) is 0 Å². The molecule has 3 rings (SSSR count). The molecular weight excluding hydrogens is 208 g/mol. The SMILES string of the molecule is CC(=O)C1CCCC2C3CCCCC3CCC12. The van der Waals surface area contributed by atoms with Crippen LogP contribution in [0, 0.1) is 29.6 Å². The number of hydrogen-bond donors (Lipinski definition) is 0. The first-order valence-electron chi connectivity index (χ1n) is 7.78. The largest absolute Gasteiger partial charge is 0.300 e. The zero-order valence-electron chi connectivity index (χ0n) is 11.2. The van der Waals surface area contributed by atoms with E-state index >= 15 is 0 Å². The van der Waals surface area contributed by atoms with Crippen LogP contribution in [-0.4, -0.2) is 5.78 Å². The summed E-state index contributed by atoms with van der Waals surface area (Å²) in [5.74, 6) is 4.60. The number of fused-ring (bicyclic) bond motifs is 3. The van der Waals surface area contributed by atoms with Gasteiger partial charge >= 0.3 is 0 Å². The zero-order chi connectivity index (χ0) is 11.8. The van der Waals surface area contributed by atoms with E-state index in [0.29, 0.717) is 11.7 Å². The number of ketones is 1. The monoisotopic (exact) mass is 234 g/mol. The minimum absolute atomic E-state index is 0.427. The highest BCUT2D eigenvalue weighted by molar-refractivity contribution is 5.78. The van der Waals surface area contributed by atoms with E-state index in [4.69, 9.17) is 0 Å². The Hall–Kier alpha value is -0.330. The Kier molecular flexibility index (Phi) is 3.28. The van der Waals surface area contributed by atoms with E-state index in [-0.39, 0.29) is 0 Å². The quantitative estimate of drug-likeness (QED) is 0.664. The van der Waals surface area contributed by atoms with Crippen molar-refractivity contribution in [1.82, 2.24) is 0 Å². The van der Waals surface area contributed by atoms with Gasteiger partial charge in [-0.1, -0.05) is 25.7 Å². The molecule has 5 atom stereocenters. The number of Topliss-reactive ketones (excluding diaryl/α,β-unsaturated/α-hetero) is 1. The van der Waals surface area contributed by atoms with Crippen molar-refractivity contribution in [3.63, 3.8) is 0 Å². The molecule has 1 heteroatoms. The third-order valence-electron chi connectivity index (χ3n) is 6.03. The van der Waals surface area contributed by atoms with Gasteiger partial charge in [0.1, 0.15) is 5.78 Å². The summed E-state index contributed by atoms with van der Waals surface area (Å²) in [6, 6.07) is 0. The first-order chi connectivity index (χ1) is 8.27. The van der Waals surface area contributed by atoms with Crippen molar-refractivity contribution in [2.45, 2.75) is 64.7 Å². The van der Waals surface area contributed by atoms with E-state index in [0.717, 1.165) is 23.7 Å². The normalized spacial score (nSPS) is 45.8. The predicted molar refractivity (Wildman–Crippen MR) is 69.7 cm³/mol. The highest BCUT2D eigenvalue weighted by Crippen LogP contribution is 2.53. The molecule has 0 aromatic carbocycles. The molecule has 0 N–H and O–H groups in total. The fourth-order valence-electron chi connectivity index (χ4n) is 5.32. The Morgan fingerprint density at radius 1 is 0.765 bits per heavy atom. The second kappa shape index (κ2) is 4.74. The second-order valence-corrected chi connectivity index (χ2v) is 6.76. The summed E-state index contributed by atoms with van der Waals surface area (Å²) < 4.78 is 0. The minimum atomic E-state index is 0.427. The van der Waals surface area contributed by atoms with Gasteiger partial charge in [-0.05, 0) is 62.7 Å². The van der Waals surface area contributed by atoms with Crippen LogP contribution in [0.1, 0.15) is 64.7 Å². The third-order valence-corrected chi connectivity index (χ3v) is 6.03. The van der Waals surface area contributed by atoms with Crippen molar-refractivity contribution in [3.05, 3.63) is 0 Å². The Labute approximate surface area is 105 Å². The van der Waals surface area contributed by atoms with Crippen molar-refractivity contribution >= 4 is 5.78 Å². The molecule has 1 nitrogen and oxygen atoms in total. The standard InChI is InChI=1S/C16H26O/c1-11(17)13-7-4-8-15-14-6-3-2-5-12(14)9-10-16(13)15/h12-16H,2-10H2,1H3. The molecule has 0 aliphatic heterocycles. The van der Waals surface area contributed by atoms with Gasteiger partial charge in [0.05, 0.1) is 0 Å². The minimum Gasteiger partial charge on any atom is -0.300 e. The molecule has 0 spiro atoms. The van der Waals surface area contributed by atoms with E-state index in [1.165, 1.54) is 57.8 Å². The molecule has 0 amide bonds. The smallest absolute Gasteiger partial charge is 0.133 e. The van der Waals surface area contributed by atoms with Crippen LogP contribution in [0.15, 0.2) is 0 Å². The topological polar surface area (TPSA) is 17.1 Å². The molecule has 0 aromatic heterocycles. The third kappa shape index (κ3) is 2.06. The number of carbonyl (C=O) groups is 1. The Morgan fingerprint density at radius 3 is 2.35 bits per heavy atom. The van der Waals surface area contributed by atoms with Crippen LogP contribution >= 0.6 is 0 Å². The van der Waals surface area contributed by atoms with Crippen molar-refractivity contribution in [3.8, 4) is 0 Å². The van der Waals surface area contributed by atoms with Gasteiger partial charge < -0.3 is 0 Å². The summed E-state index contributed by atoms with van der Waals surface area (Å²) in [5, 5.41) is 0. The summed E-state index contributed by atoms with van der Waals surface area (Å²) in [6.45, 7) is 1.83. The van der Waals surface area contributed by atoms with Gasteiger partial charge in [0.15, 0.2) is 0 Å².